The molecule has 0 aromatic carbocycles. The van der Waals surface area contributed by atoms with E-state index in [0.29, 0.717) is 25.9 Å². The summed E-state index contributed by atoms with van der Waals surface area (Å²) in [4.78, 5) is 20.4. The Morgan fingerprint density at radius 2 is 1.04 bits per heavy atom. The van der Waals surface area contributed by atoms with Crippen LogP contribution in [0.5, 0.6) is 0 Å². The fourth-order valence-corrected chi connectivity index (χ4v) is 2.41. The van der Waals surface area contributed by atoms with Crippen LogP contribution in [0, 0.1) is 0 Å². The van der Waals surface area contributed by atoms with Gasteiger partial charge in [0.1, 0.15) is 12.1 Å². The summed E-state index contributed by atoms with van der Waals surface area (Å²) in [6.45, 7) is 12.3. The van der Waals surface area contributed by atoms with Crippen LogP contribution in [0.2, 0.25) is 0 Å². The minimum Gasteiger partial charge on any atom is -0.480 e. The standard InChI is InChI=1S/2C5H9NO3.2C4H10O/c2*7-5(8)4-2-1-3-6(4)9;2*1-3-5-4-2/h2*4,9H,1-3H2,(H,7,8);2*3-4H2,1-2H3. The SMILES string of the molecule is CCOCC.CCOCC.O=C(O)C1CCCN1O.O=C(O)C1CCCN1O. The second-order valence-electron chi connectivity index (χ2n) is 5.88. The van der Waals surface area contributed by atoms with E-state index in [-0.39, 0.29) is 0 Å². The minimum atomic E-state index is -0.935. The van der Waals surface area contributed by atoms with Crippen LogP contribution >= 0.6 is 0 Å². The Morgan fingerprint density at radius 1 is 0.750 bits per heavy atom. The minimum absolute atomic E-state index is 0.483. The lowest BCUT2D eigenvalue weighted by molar-refractivity contribution is -0.162. The molecule has 0 aromatic rings. The van der Waals surface area contributed by atoms with Crippen molar-refractivity contribution >= 4 is 11.9 Å². The van der Waals surface area contributed by atoms with Gasteiger partial charge in [0.2, 0.25) is 0 Å². The average molecular weight is 411 g/mol. The monoisotopic (exact) mass is 410 g/mol. The van der Waals surface area contributed by atoms with Gasteiger partial charge in [0.25, 0.3) is 0 Å². The van der Waals surface area contributed by atoms with Crippen molar-refractivity contribution in [2.75, 3.05) is 39.5 Å². The first-order valence-corrected chi connectivity index (χ1v) is 9.78. The second-order valence-corrected chi connectivity index (χ2v) is 5.88. The molecule has 168 valence electrons. The van der Waals surface area contributed by atoms with Gasteiger partial charge >= 0.3 is 11.9 Å². The average Bonchev–Trinajstić information content (AvgIpc) is 3.26. The lowest BCUT2D eigenvalue weighted by Gasteiger charge is -2.11. The quantitative estimate of drug-likeness (QED) is 0.513. The van der Waals surface area contributed by atoms with E-state index in [9.17, 15) is 9.59 Å². The molecule has 0 aromatic heterocycles. The Balaban J connectivity index is 0. The van der Waals surface area contributed by atoms with Crippen molar-refractivity contribution in [3.05, 3.63) is 0 Å². The third kappa shape index (κ3) is 14.7. The first kappa shape index (κ1) is 28.9. The molecule has 2 saturated heterocycles. The highest BCUT2D eigenvalue weighted by Crippen LogP contribution is 2.14. The highest BCUT2D eigenvalue weighted by molar-refractivity contribution is 5.73. The van der Waals surface area contributed by atoms with Crippen molar-refractivity contribution in [3.63, 3.8) is 0 Å². The number of hydroxylamine groups is 4. The van der Waals surface area contributed by atoms with Gasteiger partial charge < -0.3 is 30.1 Å². The molecule has 0 saturated carbocycles. The van der Waals surface area contributed by atoms with Gasteiger partial charge in [-0.25, -0.2) is 0 Å². The molecule has 2 unspecified atom stereocenters. The molecule has 0 bridgehead atoms. The summed E-state index contributed by atoms with van der Waals surface area (Å²) >= 11 is 0. The lowest BCUT2D eigenvalue weighted by atomic mass is 10.2. The van der Waals surface area contributed by atoms with Crippen LogP contribution < -0.4 is 0 Å². The van der Waals surface area contributed by atoms with Crippen molar-refractivity contribution in [2.24, 2.45) is 0 Å². The zero-order chi connectivity index (χ0) is 21.9. The number of hydrogen-bond acceptors (Lipinski definition) is 8. The van der Waals surface area contributed by atoms with E-state index in [1.165, 1.54) is 0 Å². The molecule has 10 heteroatoms. The van der Waals surface area contributed by atoms with Crippen LogP contribution in [0.1, 0.15) is 53.4 Å². The Bertz CT molecular complexity index is 358. The topological polar surface area (TPSA) is 140 Å². The Morgan fingerprint density at radius 3 is 1.11 bits per heavy atom. The smallest absolute Gasteiger partial charge is 0.323 e. The summed E-state index contributed by atoms with van der Waals surface area (Å²) in [5, 5.41) is 36.1. The summed E-state index contributed by atoms with van der Waals surface area (Å²) in [7, 11) is 0. The number of nitrogens with zero attached hydrogens (tertiary/aromatic N) is 2. The third-order valence-corrected chi connectivity index (χ3v) is 3.84. The Hall–Kier alpha value is -1.30. The number of carboxylic acid groups (broad SMARTS) is 2. The van der Waals surface area contributed by atoms with Crippen LogP contribution in [0.25, 0.3) is 0 Å². The van der Waals surface area contributed by atoms with E-state index in [1.807, 2.05) is 27.7 Å². The van der Waals surface area contributed by atoms with E-state index in [1.54, 1.807) is 0 Å². The molecule has 2 atom stereocenters. The maximum absolute atomic E-state index is 10.2. The highest BCUT2D eigenvalue weighted by Gasteiger charge is 2.29. The Labute approximate surface area is 167 Å². The molecular weight excluding hydrogens is 372 g/mol. The lowest BCUT2D eigenvalue weighted by Crippen LogP contribution is -2.32. The Kier molecular flexibility index (Phi) is 19.7. The molecule has 0 spiro atoms. The van der Waals surface area contributed by atoms with E-state index in [4.69, 9.17) is 30.1 Å². The van der Waals surface area contributed by atoms with Crippen molar-refractivity contribution in [1.82, 2.24) is 10.1 Å². The molecule has 2 aliphatic rings. The third-order valence-electron chi connectivity index (χ3n) is 3.84. The number of carboxylic acids is 2. The molecule has 28 heavy (non-hydrogen) atoms. The molecule has 2 aliphatic heterocycles. The predicted octanol–water partition coefficient (Wildman–Crippen LogP) is 1.93. The summed E-state index contributed by atoms with van der Waals surface area (Å²) in [5.41, 5.74) is 0. The van der Waals surface area contributed by atoms with Gasteiger partial charge in [-0.15, -0.1) is 0 Å². The number of rotatable bonds is 6. The number of ether oxygens (including phenoxy) is 2. The van der Waals surface area contributed by atoms with Crippen molar-refractivity contribution in [2.45, 2.75) is 65.5 Å². The highest BCUT2D eigenvalue weighted by atomic mass is 16.5. The van der Waals surface area contributed by atoms with Crippen LogP contribution in [-0.4, -0.2) is 94.3 Å². The molecule has 0 radical (unpaired) electrons. The predicted molar refractivity (Wildman–Crippen MR) is 103 cm³/mol. The zero-order valence-electron chi connectivity index (χ0n) is 17.5. The van der Waals surface area contributed by atoms with E-state index in [2.05, 4.69) is 0 Å². The van der Waals surface area contributed by atoms with Crippen molar-refractivity contribution in [3.8, 4) is 0 Å². The van der Waals surface area contributed by atoms with Gasteiger partial charge in [-0.05, 0) is 53.4 Å². The molecule has 0 aliphatic carbocycles. The van der Waals surface area contributed by atoms with Crippen molar-refractivity contribution in [1.29, 1.82) is 0 Å². The van der Waals surface area contributed by atoms with Gasteiger partial charge in [-0.3, -0.25) is 9.59 Å². The van der Waals surface area contributed by atoms with E-state index < -0.39 is 24.0 Å². The van der Waals surface area contributed by atoms with Gasteiger partial charge in [0.15, 0.2) is 0 Å². The van der Waals surface area contributed by atoms with E-state index in [0.717, 1.165) is 49.4 Å². The molecule has 4 N–H and O–H groups in total. The van der Waals surface area contributed by atoms with Gasteiger partial charge in [-0.1, -0.05) is 0 Å². The van der Waals surface area contributed by atoms with Crippen LogP contribution in [0.3, 0.4) is 0 Å². The summed E-state index contributed by atoms with van der Waals surface area (Å²) in [5.74, 6) is -1.87. The molecule has 0 amide bonds. The number of hydrogen-bond donors (Lipinski definition) is 4. The van der Waals surface area contributed by atoms with Crippen LogP contribution in [0.15, 0.2) is 0 Å². The zero-order valence-corrected chi connectivity index (χ0v) is 17.5. The molecule has 2 fully saturated rings. The first-order valence-electron chi connectivity index (χ1n) is 9.78. The fraction of sp³-hybridized carbons (Fsp3) is 0.889. The van der Waals surface area contributed by atoms with Crippen LogP contribution in [-0.2, 0) is 19.1 Å². The van der Waals surface area contributed by atoms with E-state index >= 15 is 0 Å². The number of carbonyl (C=O) groups is 2. The van der Waals surface area contributed by atoms with Crippen LogP contribution in [0.4, 0.5) is 0 Å². The second kappa shape index (κ2) is 19.0. The van der Waals surface area contributed by atoms with Gasteiger partial charge in [0.05, 0.1) is 0 Å². The maximum atomic E-state index is 10.2. The van der Waals surface area contributed by atoms with Gasteiger partial charge in [-0.2, -0.15) is 10.1 Å². The first-order chi connectivity index (χ1) is 13.3. The summed E-state index contributed by atoms with van der Waals surface area (Å²) in [6.07, 6.45) is 2.67. The molecule has 2 heterocycles. The maximum Gasteiger partial charge on any atom is 0.323 e. The molecule has 2 rings (SSSR count). The van der Waals surface area contributed by atoms with Gasteiger partial charge in [0, 0.05) is 39.5 Å². The molecule has 10 nitrogen and oxygen atoms in total. The summed E-state index contributed by atoms with van der Waals surface area (Å²) in [6, 6.07) is -1.32. The number of aliphatic carboxylic acids is 2. The largest absolute Gasteiger partial charge is 0.480 e. The molecular formula is C18H38N2O8. The fourth-order valence-electron chi connectivity index (χ4n) is 2.41. The van der Waals surface area contributed by atoms with Crippen molar-refractivity contribution < 1.29 is 39.7 Å². The summed E-state index contributed by atoms with van der Waals surface area (Å²) < 4.78 is 9.67. The normalized spacial score (nSPS) is 21.5.